The summed E-state index contributed by atoms with van der Waals surface area (Å²) >= 11 is 4.07. The summed E-state index contributed by atoms with van der Waals surface area (Å²) in [5, 5.41) is 7.77. The summed E-state index contributed by atoms with van der Waals surface area (Å²) in [6.07, 6.45) is 0. The number of nitrogens with zero attached hydrogens (tertiary/aromatic N) is 2. The fraction of sp³-hybridized carbons (Fsp3) is 0.273. The molecule has 6 heteroatoms. The Morgan fingerprint density at radius 2 is 1.94 bits per heavy atom. The number of methoxy groups -OCH3 is 2. The molecular formula is C11H12N2O3S. The minimum atomic E-state index is 0.417. The first-order valence-corrected chi connectivity index (χ1v) is 5.57. The monoisotopic (exact) mass is 252 g/mol. The zero-order valence-electron chi connectivity index (χ0n) is 9.51. The summed E-state index contributed by atoms with van der Waals surface area (Å²) in [7, 11) is 3.16. The highest BCUT2D eigenvalue weighted by Gasteiger charge is 2.11. The highest BCUT2D eigenvalue weighted by Crippen LogP contribution is 2.31. The Bertz CT molecular complexity index is 513. The zero-order chi connectivity index (χ0) is 12.3. The van der Waals surface area contributed by atoms with E-state index in [4.69, 9.17) is 13.9 Å². The van der Waals surface area contributed by atoms with Crippen molar-refractivity contribution in [3.63, 3.8) is 0 Å². The second kappa shape index (κ2) is 5.09. The average molecular weight is 252 g/mol. The molecule has 0 amide bonds. The molecule has 2 rings (SSSR count). The van der Waals surface area contributed by atoms with Crippen molar-refractivity contribution in [1.82, 2.24) is 10.2 Å². The molecule has 90 valence electrons. The van der Waals surface area contributed by atoms with Crippen LogP contribution in [0.1, 0.15) is 5.89 Å². The van der Waals surface area contributed by atoms with Crippen LogP contribution in [0.5, 0.6) is 11.5 Å². The van der Waals surface area contributed by atoms with E-state index in [1.54, 1.807) is 26.4 Å². The molecule has 0 bridgehead atoms. The molecule has 0 aliphatic rings. The molecule has 0 saturated heterocycles. The van der Waals surface area contributed by atoms with Crippen LogP contribution in [0.4, 0.5) is 0 Å². The van der Waals surface area contributed by atoms with Gasteiger partial charge in [0, 0.05) is 5.56 Å². The van der Waals surface area contributed by atoms with Gasteiger partial charge in [-0.2, -0.15) is 12.6 Å². The molecule has 5 nitrogen and oxygen atoms in total. The normalized spacial score (nSPS) is 10.3. The van der Waals surface area contributed by atoms with E-state index >= 15 is 0 Å². The van der Waals surface area contributed by atoms with Crippen molar-refractivity contribution in [2.45, 2.75) is 5.75 Å². The fourth-order valence-corrected chi connectivity index (χ4v) is 1.53. The van der Waals surface area contributed by atoms with Crippen LogP contribution in [-0.2, 0) is 5.75 Å². The van der Waals surface area contributed by atoms with Crippen LogP contribution in [0.25, 0.3) is 11.5 Å². The van der Waals surface area contributed by atoms with Gasteiger partial charge in [0.2, 0.25) is 11.8 Å². The predicted octanol–water partition coefficient (Wildman–Crippen LogP) is 2.18. The van der Waals surface area contributed by atoms with Crippen LogP contribution in [0.3, 0.4) is 0 Å². The van der Waals surface area contributed by atoms with Crippen LogP contribution in [-0.4, -0.2) is 24.4 Å². The zero-order valence-corrected chi connectivity index (χ0v) is 10.4. The first-order valence-electron chi connectivity index (χ1n) is 4.94. The van der Waals surface area contributed by atoms with E-state index in [0.717, 1.165) is 5.56 Å². The Morgan fingerprint density at radius 1 is 1.18 bits per heavy atom. The van der Waals surface area contributed by atoms with E-state index in [1.807, 2.05) is 6.07 Å². The van der Waals surface area contributed by atoms with E-state index in [-0.39, 0.29) is 0 Å². The second-order valence-corrected chi connectivity index (χ2v) is 3.55. The quantitative estimate of drug-likeness (QED) is 0.845. The lowest BCUT2D eigenvalue weighted by atomic mass is 10.2. The molecule has 0 saturated carbocycles. The van der Waals surface area contributed by atoms with Crippen molar-refractivity contribution in [1.29, 1.82) is 0 Å². The molecule has 0 atom stereocenters. The van der Waals surface area contributed by atoms with E-state index in [9.17, 15) is 0 Å². The van der Waals surface area contributed by atoms with Gasteiger partial charge in [0.25, 0.3) is 0 Å². The lowest BCUT2D eigenvalue weighted by molar-refractivity contribution is 0.355. The highest BCUT2D eigenvalue weighted by molar-refractivity contribution is 7.79. The van der Waals surface area contributed by atoms with Crippen LogP contribution in [0, 0.1) is 0 Å². The van der Waals surface area contributed by atoms with Crippen molar-refractivity contribution in [3.05, 3.63) is 24.1 Å². The lowest BCUT2D eigenvalue weighted by Crippen LogP contribution is -1.90. The minimum absolute atomic E-state index is 0.417. The average Bonchev–Trinajstić information content (AvgIpc) is 2.86. The number of hydrogen-bond donors (Lipinski definition) is 1. The third-order valence-corrected chi connectivity index (χ3v) is 2.50. The standard InChI is InChI=1S/C11H12N2O3S/c1-14-8-4-3-7(5-9(8)15-2)11-13-12-10(6-17)16-11/h3-5,17H,6H2,1-2H3. The van der Waals surface area contributed by atoms with Crippen LogP contribution < -0.4 is 9.47 Å². The molecule has 2 aromatic rings. The van der Waals surface area contributed by atoms with Crippen molar-refractivity contribution in [3.8, 4) is 23.0 Å². The summed E-state index contributed by atoms with van der Waals surface area (Å²) in [4.78, 5) is 0. The summed E-state index contributed by atoms with van der Waals surface area (Å²) < 4.78 is 15.7. The van der Waals surface area contributed by atoms with E-state index in [1.165, 1.54) is 0 Å². The summed E-state index contributed by atoms with van der Waals surface area (Å²) in [6, 6.07) is 5.41. The van der Waals surface area contributed by atoms with E-state index in [0.29, 0.717) is 29.0 Å². The molecule has 0 radical (unpaired) electrons. The summed E-state index contributed by atoms with van der Waals surface area (Å²) in [6.45, 7) is 0. The molecular weight excluding hydrogens is 240 g/mol. The molecule has 0 fully saturated rings. The van der Waals surface area contributed by atoms with Gasteiger partial charge in [0.1, 0.15) is 0 Å². The molecule has 0 unspecified atom stereocenters. The summed E-state index contributed by atoms with van der Waals surface area (Å²) in [5.74, 6) is 2.62. The SMILES string of the molecule is COc1ccc(-c2nnc(CS)o2)cc1OC. The molecule has 0 N–H and O–H groups in total. The third-order valence-electron chi connectivity index (χ3n) is 2.23. The highest BCUT2D eigenvalue weighted by atomic mass is 32.1. The Balaban J connectivity index is 2.38. The maximum atomic E-state index is 5.40. The Labute approximate surface area is 104 Å². The molecule has 1 heterocycles. The van der Waals surface area contributed by atoms with Crippen molar-refractivity contribution < 1.29 is 13.9 Å². The maximum Gasteiger partial charge on any atom is 0.247 e. The summed E-state index contributed by atoms with van der Waals surface area (Å²) in [5.41, 5.74) is 0.781. The molecule has 0 aliphatic carbocycles. The van der Waals surface area contributed by atoms with E-state index < -0.39 is 0 Å². The number of benzene rings is 1. The van der Waals surface area contributed by atoms with Gasteiger partial charge in [-0.05, 0) is 18.2 Å². The Hall–Kier alpha value is -1.69. The second-order valence-electron chi connectivity index (χ2n) is 3.23. The lowest BCUT2D eigenvalue weighted by Gasteiger charge is -2.07. The molecule has 1 aromatic heterocycles. The van der Waals surface area contributed by atoms with Gasteiger partial charge in [-0.1, -0.05) is 0 Å². The van der Waals surface area contributed by atoms with Crippen LogP contribution in [0.2, 0.25) is 0 Å². The smallest absolute Gasteiger partial charge is 0.247 e. The number of thiol groups is 1. The van der Waals surface area contributed by atoms with Crippen LogP contribution in [0.15, 0.2) is 22.6 Å². The van der Waals surface area contributed by atoms with Crippen molar-refractivity contribution in [2.75, 3.05) is 14.2 Å². The van der Waals surface area contributed by atoms with Gasteiger partial charge >= 0.3 is 0 Å². The van der Waals surface area contributed by atoms with Gasteiger partial charge in [0.15, 0.2) is 11.5 Å². The molecule has 0 aliphatic heterocycles. The molecule has 17 heavy (non-hydrogen) atoms. The predicted molar refractivity (Wildman–Crippen MR) is 65.5 cm³/mol. The minimum Gasteiger partial charge on any atom is -0.493 e. The van der Waals surface area contributed by atoms with E-state index in [2.05, 4.69) is 22.8 Å². The number of rotatable bonds is 4. The van der Waals surface area contributed by atoms with Crippen molar-refractivity contribution >= 4 is 12.6 Å². The first kappa shape index (κ1) is 11.8. The topological polar surface area (TPSA) is 57.4 Å². The first-order chi connectivity index (χ1) is 8.28. The Kier molecular flexibility index (Phi) is 3.53. The maximum absolute atomic E-state index is 5.40. The van der Waals surface area contributed by atoms with Gasteiger partial charge < -0.3 is 13.9 Å². The van der Waals surface area contributed by atoms with Crippen molar-refractivity contribution in [2.24, 2.45) is 0 Å². The van der Waals surface area contributed by atoms with Gasteiger partial charge in [0.05, 0.1) is 20.0 Å². The van der Waals surface area contributed by atoms with Gasteiger partial charge in [-0.3, -0.25) is 0 Å². The molecule has 1 aromatic carbocycles. The number of ether oxygens (including phenoxy) is 2. The number of aromatic nitrogens is 2. The Morgan fingerprint density at radius 3 is 2.53 bits per heavy atom. The van der Waals surface area contributed by atoms with Gasteiger partial charge in [-0.25, -0.2) is 0 Å². The third kappa shape index (κ3) is 2.36. The van der Waals surface area contributed by atoms with Crippen LogP contribution >= 0.6 is 12.6 Å². The van der Waals surface area contributed by atoms with Gasteiger partial charge in [-0.15, -0.1) is 10.2 Å². The fourth-order valence-electron chi connectivity index (χ4n) is 1.40. The molecule has 0 spiro atoms. The number of hydrogen-bond acceptors (Lipinski definition) is 6. The largest absolute Gasteiger partial charge is 0.493 e.